The first kappa shape index (κ1) is 82.9. The maximum absolute atomic E-state index is 14.5. The lowest BCUT2D eigenvalue weighted by Gasteiger charge is -2.31. The molecule has 9 heterocycles. The van der Waals surface area contributed by atoms with Gasteiger partial charge in [-0.1, -0.05) is 76.4 Å². The van der Waals surface area contributed by atoms with Crippen molar-refractivity contribution in [2.45, 2.75) is 119 Å². The van der Waals surface area contributed by atoms with Crippen molar-refractivity contribution in [1.82, 2.24) is 45.6 Å². The summed E-state index contributed by atoms with van der Waals surface area (Å²) < 4.78 is 130. The molecule has 109 heavy (non-hydrogen) atoms. The second-order valence-electron chi connectivity index (χ2n) is 26.0. The third kappa shape index (κ3) is 20.9. The Bertz CT molecular complexity index is 4560. The van der Waals surface area contributed by atoms with Gasteiger partial charge in [-0.05, 0) is 62.1 Å². The van der Waals surface area contributed by atoms with Crippen molar-refractivity contribution in [3.05, 3.63) is 187 Å². The molecule has 0 amide bonds. The maximum atomic E-state index is 14.5. The Morgan fingerprint density at radius 2 is 0.954 bits per heavy atom. The number of aromatic nitrogens is 3. The van der Waals surface area contributed by atoms with E-state index in [4.69, 9.17) is 52.6 Å². The molecule has 7 atom stereocenters. The Morgan fingerprint density at radius 1 is 0.569 bits per heavy atom. The molecule has 3 aromatic heterocycles. The van der Waals surface area contributed by atoms with Crippen LogP contribution in [0.1, 0.15) is 115 Å². The average Bonchev–Trinajstić information content (AvgIpc) is 1.75. The van der Waals surface area contributed by atoms with Crippen molar-refractivity contribution in [3.63, 3.8) is 0 Å². The van der Waals surface area contributed by atoms with Crippen molar-refractivity contribution < 1.29 is 93.4 Å². The quantitative estimate of drug-likeness (QED) is 0.0176. The summed E-state index contributed by atoms with van der Waals surface area (Å²) in [7, 11) is 2.38. The Balaban J connectivity index is 0.000000174. The average molecular weight is 1680 g/mol. The van der Waals surface area contributed by atoms with Crippen LogP contribution in [0.3, 0.4) is 0 Å². The number of benzene rings is 3. The smallest absolute Gasteiger partial charge is 0.338 e. The Hall–Kier alpha value is -8.62. The van der Waals surface area contributed by atoms with Gasteiger partial charge in [0.15, 0.2) is 32.5 Å². The Morgan fingerprint density at radius 3 is 1.33 bits per heavy atom. The summed E-state index contributed by atoms with van der Waals surface area (Å²) in [6.45, 7) is 1.19. The van der Waals surface area contributed by atoms with E-state index in [2.05, 4.69) is 56.8 Å². The minimum atomic E-state index is -3.02. The molecule has 0 radical (unpaired) electrons. The Kier molecular flexibility index (Phi) is 27.4. The van der Waals surface area contributed by atoms with Gasteiger partial charge in [0, 0.05) is 147 Å². The van der Waals surface area contributed by atoms with Crippen LogP contribution in [0.15, 0.2) is 149 Å². The summed E-state index contributed by atoms with van der Waals surface area (Å²) in [6, 6.07) is 9.65. The number of halogens is 11. The van der Waals surface area contributed by atoms with Crippen LogP contribution in [0, 0.1) is 17.6 Å². The minimum absolute atomic E-state index is 0.0200. The number of ether oxygens (including phenoxy) is 3. The lowest BCUT2D eigenvalue weighted by Crippen LogP contribution is -2.42. The standard InChI is InChI=1S/C24H24BrF3N4O4S.C24H25ClF2N4O4S.C23H22ClF3N4O4S/c1-12(22(33)34)7-14-9-24(27,28)11-32(14)10-17-18(23(35)36-2)19(15-4-3-13(26)8-16(15)25)31-20(30-17)21-29-5-6-37-21;1-2-35-23(34)19-17(12-31-13-24(26,27)11-14(31)7-8-18(32)33)29-21(22-28-9-10-36-22)30-20(19)15-5-3-4-6-16(15)25;1-35-22(34)18-16(10-31-11-23(26,27)9-13(31)3-5-17(32)33)29-20(21-28-6-7-36-21)30-19(18)14-4-2-12(25)8-15(14)24/h3-6,8,12,14,19H,7,9-11H2,1-2H3,(H,30,31)(H,33,34);3-6,9-10,14,20H,2,7-8,11-13H2,1H3,(H,29,30)(H,32,33);2,4,6-8,13,19H,3,5,9-11H2,1H3,(H,29,30)(H,32,33)/t12?,14-,19+;14-,20-;13-,19-/m100/s1. The second kappa shape index (κ2) is 36.0. The van der Waals surface area contributed by atoms with Gasteiger partial charge in [-0.25, -0.2) is 64.5 Å². The zero-order valence-electron chi connectivity index (χ0n) is 58.3. The van der Waals surface area contributed by atoms with Gasteiger partial charge >= 0.3 is 35.8 Å². The van der Waals surface area contributed by atoms with Gasteiger partial charge in [0.25, 0.3) is 17.8 Å². The SMILES string of the molecule is CCOC(=O)C1=C(CN2CC(F)(F)C[C@@H]2CCC(=O)O)NC(c2nccs2)=N[C@H]1c1ccccc1Cl.COC(=O)C1=C(CN2CC(F)(F)C[C@@H]2CCC(=O)O)NC(c2nccs2)=N[C@H]1c1ccc(F)cc1Cl.COC(=O)C1=C(CN2CC(F)(F)C[C@H]2CC(C)C(=O)O)NC(c2nccs2)=N[C@H]1c1ccc(F)cc1Br. The number of carboxylic acids is 3. The highest BCUT2D eigenvalue weighted by Crippen LogP contribution is 2.44. The Labute approximate surface area is 648 Å². The lowest BCUT2D eigenvalue weighted by atomic mass is 9.94. The molecule has 0 aliphatic carbocycles. The number of carboxylic acid groups (broad SMARTS) is 3. The number of likely N-dealkylation sites (tertiary alicyclic amines) is 3. The highest BCUT2D eigenvalue weighted by atomic mass is 79.9. The van der Waals surface area contributed by atoms with Crippen molar-refractivity contribution in [2.24, 2.45) is 20.9 Å². The van der Waals surface area contributed by atoms with Crippen LogP contribution in [0.5, 0.6) is 0 Å². The number of carbonyl (C=O) groups is 6. The summed E-state index contributed by atoms with van der Waals surface area (Å²) in [6.07, 6.45) is 2.91. The summed E-state index contributed by atoms with van der Waals surface area (Å²) in [4.78, 5) is 104. The number of aliphatic carboxylic acids is 3. The van der Waals surface area contributed by atoms with Crippen LogP contribution in [0.2, 0.25) is 10.0 Å². The van der Waals surface area contributed by atoms with E-state index in [-0.39, 0.29) is 97.3 Å². The zero-order valence-corrected chi connectivity index (χ0v) is 63.9. The van der Waals surface area contributed by atoms with Crippen LogP contribution < -0.4 is 16.0 Å². The molecule has 6 aliphatic rings. The van der Waals surface area contributed by atoms with Gasteiger partial charge in [0.2, 0.25) is 0 Å². The molecule has 6 N–H and O–H groups in total. The van der Waals surface area contributed by atoms with Gasteiger partial charge in [0.1, 0.15) is 29.8 Å². The van der Waals surface area contributed by atoms with Crippen LogP contribution in [0.4, 0.5) is 35.1 Å². The number of esters is 3. The van der Waals surface area contributed by atoms with Crippen LogP contribution >= 0.6 is 73.1 Å². The third-order valence-corrected chi connectivity index (χ3v) is 22.0. The lowest BCUT2D eigenvalue weighted by molar-refractivity contribution is -0.142. The summed E-state index contributed by atoms with van der Waals surface area (Å²) in [5.41, 5.74) is 2.48. The van der Waals surface area contributed by atoms with E-state index in [1.54, 1.807) is 65.9 Å². The van der Waals surface area contributed by atoms with Crippen LogP contribution in [0.25, 0.3) is 0 Å². The molecule has 12 rings (SSSR count). The van der Waals surface area contributed by atoms with Crippen molar-refractivity contribution >= 4 is 126 Å². The molecule has 1 unspecified atom stereocenters. The molecule has 3 saturated heterocycles. The number of hydrogen-bond donors (Lipinski definition) is 6. The molecular weight excluding hydrogens is 1610 g/mol. The summed E-state index contributed by atoms with van der Waals surface area (Å²) in [5, 5.41) is 43.9. The van der Waals surface area contributed by atoms with Gasteiger partial charge in [0.05, 0.1) is 63.1 Å². The number of methoxy groups -OCH3 is 2. The highest BCUT2D eigenvalue weighted by Gasteiger charge is 2.50. The number of hydrogen-bond acceptors (Lipinski definition) is 24. The molecule has 24 nitrogen and oxygen atoms in total. The largest absolute Gasteiger partial charge is 0.481 e. The number of amidine groups is 3. The number of carbonyl (C=O) groups excluding carboxylic acids is 3. The first-order valence-corrected chi connectivity index (χ1v) is 37.9. The number of alkyl halides is 6. The maximum Gasteiger partial charge on any atom is 0.338 e. The molecule has 38 heteroatoms. The second-order valence-corrected chi connectivity index (χ2v) is 30.3. The van der Waals surface area contributed by atoms with Gasteiger partial charge in [-0.2, -0.15) is 0 Å². The van der Waals surface area contributed by atoms with Gasteiger partial charge < -0.3 is 45.5 Å². The van der Waals surface area contributed by atoms with Crippen LogP contribution in [-0.4, -0.2) is 194 Å². The topological polar surface area (TPSA) is 312 Å². The summed E-state index contributed by atoms with van der Waals surface area (Å²) >= 11 is 20.0. The van der Waals surface area contributed by atoms with E-state index in [1.165, 1.54) is 100 Å². The molecule has 6 aliphatic heterocycles. The molecule has 0 bridgehead atoms. The predicted molar refractivity (Wildman–Crippen MR) is 392 cm³/mol. The van der Waals surface area contributed by atoms with Gasteiger partial charge in [-0.15, -0.1) is 34.0 Å². The fraction of sp³-hybridized carbons (Fsp3) is 0.408. The minimum Gasteiger partial charge on any atom is -0.481 e. The first-order valence-electron chi connectivity index (χ1n) is 33.7. The zero-order chi connectivity index (χ0) is 78.8. The number of nitrogens with zero attached hydrogens (tertiary/aromatic N) is 9. The predicted octanol–water partition coefficient (Wildman–Crippen LogP) is 12.7. The molecule has 3 aromatic carbocycles. The van der Waals surface area contributed by atoms with E-state index < -0.39 is 146 Å². The van der Waals surface area contributed by atoms with E-state index in [0.29, 0.717) is 58.6 Å². The first-order chi connectivity index (χ1) is 51.7. The van der Waals surface area contributed by atoms with E-state index in [1.807, 2.05) is 0 Å². The number of aliphatic imine (C=N–C) groups is 3. The van der Waals surface area contributed by atoms with E-state index in [9.17, 15) is 69.0 Å². The summed E-state index contributed by atoms with van der Waals surface area (Å²) in [5.74, 6) is -15.3. The monoisotopic (exact) mass is 1680 g/mol. The molecule has 0 spiro atoms. The van der Waals surface area contributed by atoms with E-state index >= 15 is 0 Å². The van der Waals surface area contributed by atoms with Gasteiger partial charge in [-0.3, -0.25) is 44.1 Å². The molecular formula is C71H71BrCl2F8N12O12S3. The van der Waals surface area contributed by atoms with Crippen LogP contribution in [-0.2, 0) is 43.0 Å². The molecule has 6 aromatic rings. The normalized spacial score (nSPS) is 22.0. The van der Waals surface area contributed by atoms with Crippen molar-refractivity contribution in [1.29, 1.82) is 0 Å². The van der Waals surface area contributed by atoms with Crippen molar-refractivity contribution in [3.8, 4) is 0 Å². The van der Waals surface area contributed by atoms with Crippen molar-refractivity contribution in [2.75, 3.05) is 60.1 Å². The van der Waals surface area contributed by atoms with E-state index in [0.717, 1.165) is 6.07 Å². The fourth-order valence-electron chi connectivity index (χ4n) is 13.4. The fourth-order valence-corrected chi connectivity index (χ4v) is 16.3. The number of nitrogens with one attached hydrogen (secondary N) is 3. The molecule has 3 fully saturated rings. The molecule has 0 saturated carbocycles. The number of rotatable bonds is 25. The number of thiazole rings is 3. The third-order valence-electron chi connectivity index (χ3n) is 18.3. The molecule has 582 valence electrons. The highest BCUT2D eigenvalue weighted by molar-refractivity contribution is 9.10.